The van der Waals surface area contributed by atoms with Crippen LogP contribution < -0.4 is 0 Å². The first-order valence-corrected chi connectivity index (χ1v) is 9.30. The molecule has 0 atom stereocenters. The molecular formula is C21H32O2. The van der Waals surface area contributed by atoms with E-state index < -0.39 is 0 Å². The van der Waals surface area contributed by atoms with Gasteiger partial charge < -0.3 is 4.74 Å². The van der Waals surface area contributed by atoms with Crippen LogP contribution in [0, 0.1) is 26.7 Å². The van der Waals surface area contributed by atoms with Gasteiger partial charge in [0.2, 0.25) is 0 Å². The number of aryl methyl sites for hydroxylation is 3. The fourth-order valence-electron chi connectivity index (χ4n) is 3.93. The first-order valence-electron chi connectivity index (χ1n) is 9.30. The molecule has 23 heavy (non-hydrogen) atoms. The van der Waals surface area contributed by atoms with E-state index in [1.165, 1.54) is 44.1 Å². The minimum atomic E-state index is -0.130. The Kier molecular flexibility index (Phi) is 6.68. The molecule has 1 saturated carbocycles. The van der Waals surface area contributed by atoms with Crippen molar-refractivity contribution in [3.63, 3.8) is 0 Å². The average Bonchev–Trinajstić information content (AvgIpc) is 2.48. The molecule has 2 nitrogen and oxygen atoms in total. The van der Waals surface area contributed by atoms with Gasteiger partial charge >= 0.3 is 5.97 Å². The van der Waals surface area contributed by atoms with E-state index in [9.17, 15) is 4.79 Å². The van der Waals surface area contributed by atoms with Crippen molar-refractivity contribution in [3.05, 3.63) is 34.4 Å². The van der Waals surface area contributed by atoms with Crippen molar-refractivity contribution in [2.75, 3.05) is 0 Å². The van der Waals surface area contributed by atoms with Gasteiger partial charge in [0, 0.05) is 0 Å². The SMILES string of the molecule is CCCCCC1CCC(OC(=O)c2c(C)cc(C)cc2C)CC1. The van der Waals surface area contributed by atoms with Crippen LogP contribution in [0.3, 0.4) is 0 Å². The van der Waals surface area contributed by atoms with Gasteiger partial charge in [-0.05, 0) is 63.5 Å². The second kappa shape index (κ2) is 8.52. The molecule has 0 radical (unpaired) electrons. The predicted molar refractivity (Wildman–Crippen MR) is 96.0 cm³/mol. The zero-order valence-corrected chi connectivity index (χ0v) is 15.3. The highest BCUT2D eigenvalue weighted by atomic mass is 16.5. The second-order valence-corrected chi connectivity index (χ2v) is 7.32. The van der Waals surface area contributed by atoms with Gasteiger partial charge in [-0.1, -0.05) is 50.3 Å². The summed E-state index contributed by atoms with van der Waals surface area (Å²) in [6.07, 6.45) is 9.96. The van der Waals surface area contributed by atoms with E-state index in [2.05, 4.69) is 26.0 Å². The first kappa shape index (κ1) is 18.0. The first-order chi connectivity index (χ1) is 11.0. The molecule has 1 aromatic rings. The summed E-state index contributed by atoms with van der Waals surface area (Å²) in [7, 11) is 0. The molecule has 0 unspecified atom stereocenters. The van der Waals surface area contributed by atoms with Crippen molar-refractivity contribution in [3.8, 4) is 0 Å². The summed E-state index contributed by atoms with van der Waals surface area (Å²) in [4.78, 5) is 12.5. The van der Waals surface area contributed by atoms with E-state index in [0.29, 0.717) is 0 Å². The molecule has 1 aliphatic carbocycles. The Bertz CT molecular complexity index is 502. The maximum Gasteiger partial charge on any atom is 0.338 e. The molecule has 128 valence electrons. The standard InChI is InChI=1S/C21H32O2/c1-5-6-7-8-18-9-11-19(12-10-18)23-21(22)20-16(3)13-15(2)14-17(20)4/h13-14,18-19H,5-12H2,1-4H3. The number of hydrogen-bond donors (Lipinski definition) is 0. The molecule has 0 spiro atoms. The maximum atomic E-state index is 12.5. The third kappa shape index (κ3) is 5.09. The molecule has 2 rings (SSSR count). The Morgan fingerprint density at radius 2 is 1.65 bits per heavy atom. The number of hydrogen-bond acceptors (Lipinski definition) is 2. The van der Waals surface area contributed by atoms with Gasteiger partial charge in [-0.15, -0.1) is 0 Å². The van der Waals surface area contributed by atoms with Crippen LogP contribution in [0.15, 0.2) is 12.1 Å². The summed E-state index contributed by atoms with van der Waals surface area (Å²) in [5.74, 6) is 0.716. The smallest absolute Gasteiger partial charge is 0.338 e. The Morgan fingerprint density at radius 1 is 1.04 bits per heavy atom. The highest BCUT2D eigenvalue weighted by molar-refractivity contribution is 5.92. The van der Waals surface area contributed by atoms with Crippen LogP contribution in [0.2, 0.25) is 0 Å². The topological polar surface area (TPSA) is 26.3 Å². The average molecular weight is 316 g/mol. The lowest BCUT2D eigenvalue weighted by Crippen LogP contribution is -2.25. The number of carbonyl (C=O) groups is 1. The van der Waals surface area contributed by atoms with Crippen LogP contribution in [0.25, 0.3) is 0 Å². The lowest BCUT2D eigenvalue weighted by molar-refractivity contribution is 0.0159. The lowest BCUT2D eigenvalue weighted by Gasteiger charge is -2.28. The van der Waals surface area contributed by atoms with E-state index >= 15 is 0 Å². The van der Waals surface area contributed by atoms with Gasteiger partial charge in [-0.3, -0.25) is 0 Å². The molecule has 0 heterocycles. The van der Waals surface area contributed by atoms with Gasteiger partial charge in [0.05, 0.1) is 5.56 Å². The van der Waals surface area contributed by atoms with Crippen molar-refractivity contribution in [2.24, 2.45) is 5.92 Å². The zero-order chi connectivity index (χ0) is 16.8. The van der Waals surface area contributed by atoms with Gasteiger partial charge in [-0.2, -0.15) is 0 Å². The van der Waals surface area contributed by atoms with Crippen LogP contribution in [-0.4, -0.2) is 12.1 Å². The molecule has 0 amide bonds. The normalized spacial score (nSPS) is 21.2. The molecular weight excluding hydrogens is 284 g/mol. The molecule has 0 bridgehead atoms. The minimum absolute atomic E-state index is 0.116. The van der Waals surface area contributed by atoms with Crippen LogP contribution in [0.4, 0.5) is 0 Å². The van der Waals surface area contributed by atoms with Gasteiger partial charge in [-0.25, -0.2) is 4.79 Å². The molecule has 2 heteroatoms. The van der Waals surface area contributed by atoms with Crippen molar-refractivity contribution in [2.45, 2.75) is 85.2 Å². The Labute approximate surface area is 141 Å². The minimum Gasteiger partial charge on any atom is -0.459 e. The maximum absolute atomic E-state index is 12.5. The largest absolute Gasteiger partial charge is 0.459 e. The molecule has 1 aliphatic rings. The Morgan fingerprint density at radius 3 is 2.22 bits per heavy atom. The summed E-state index contributed by atoms with van der Waals surface area (Å²) in [5.41, 5.74) is 4.02. The van der Waals surface area contributed by atoms with E-state index in [4.69, 9.17) is 4.74 Å². The van der Waals surface area contributed by atoms with Crippen LogP contribution in [-0.2, 0) is 4.74 Å². The molecule has 1 fully saturated rings. The second-order valence-electron chi connectivity index (χ2n) is 7.32. The molecule has 0 aliphatic heterocycles. The monoisotopic (exact) mass is 316 g/mol. The van der Waals surface area contributed by atoms with Crippen LogP contribution in [0.1, 0.15) is 85.3 Å². The number of carbonyl (C=O) groups excluding carboxylic acids is 1. The number of unbranched alkanes of at least 4 members (excludes halogenated alkanes) is 2. The third-order valence-electron chi connectivity index (χ3n) is 5.16. The summed E-state index contributed by atoms with van der Waals surface area (Å²) < 4.78 is 5.81. The van der Waals surface area contributed by atoms with Crippen LogP contribution in [0.5, 0.6) is 0 Å². The van der Waals surface area contributed by atoms with Gasteiger partial charge in [0.15, 0.2) is 0 Å². The van der Waals surface area contributed by atoms with Crippen molar-refractivity contribution in [1.82, 2.24) is 0 Å². The quantitative estimate of drug-likeness (QED) is 0.482. The van der Waals surface area contributed by atoms with Crippen molar-refractivity contribution >= 4 is 5.97 Å². The van der Waals surface area contributed by atoms with Crippen molar-refractivity contribution in [1.29, 1.82) is 0 Å². The summed E-state index contributed by atoms with van der Waals surface area (Å²) in [6, 6.07) is 4.13. The molecule has 1 aromatic carbocycles. The summed E-state index contributed by atoms with van der Waals surface area (Å²) in [5, 5.41) is 0. The number of esters is 1. The summed E-state index contributed by atoms with van der Waals surface area (Å²) >= 11 is 0. The van der Waals surface area contributed by atoms with Crippen molar-refractivity contribution < 1.29 is 9.53 Å². The van der Waals surface area contributed by atoms with E-state index in [0.717, 1.165) is 35.4 Å². The highest BCUT2D eigenvalue weighted by Gasteiger charge is 2.25. The van der Waals surface area contributed by atoms with Crippen LogP contribution >= 0.6 is 0 Å². The van der Waals surface area contributed by atoms with Gasteiger partial charge in [0.1, 0.15) is 6.10 Å². The predicted octanol–water partition coefficient (Wildman–Crippen LogP) is 5.91. The zero-order valence-electron chi connectivity index (χ0n) is 15.3. The molecule has 0 N–H and O–H groups in total. The molecule has 0 saturated heterocycles. The number of benzene rings is 1. The molecule has 0 aromatic heterocycles. The number of ether oxygens (including phenoxy) is 1. The number of rotatable bonds is 6. The Hall–Kier alpha value is -1.31. The lowest BCUT2D eigenvalue weighted by atomic mass is 9.84. The van der Waals surface area contributed by atoms with E-state index in [1.54, 1.807) is 0 Å². The fourth-order valence-corrected chi connectivity index (χ4v) is 3.93. The van der Waals surface area contributed by atoms with Gasteiger partial charge in [0.25, 0.3) is 0 Å². The third-order valence-corrected chi connectivity index (χ3v) is 5.16. The van der Waals surface area contributed by atoms with E-state index in [1.807, 2.05) is 13.8 Å². The van der Waals surface area contributed by atoms with E-state index in [-0.39, 0.29) is 12.1 Å². The fraction of sp³-hybridized carbons (Fsp3) is 0.667. The summed E-state index contributed by atoms with van der Waals surface area (Å²) in [6.45, 7) is 8.32. The highest BCUT2D eigenvalue weighted by Crippen LogP contribution is 2.31. The Balaban J connectivity index is 1.86.